The third-order valence-electron chi connectivity index (χ3n) is 3.54. The summed E-state index contributed by atoms with van der Waals surface area (Å²) >= 11 is 0. The first kappa shape index (κ1) is 11.5. The quantitative estimate of drug-likeness (QED) is 0.848. The maximum atomic E-state index is 4.59. The fourth-order valence-corrected chi connectivity index (χ4v) is 2.60. The van der Waals surface area contributed by atoms with Crippen molar-refractivity contribution in [2.24, 2.45) is 5.92 Å². The summed E-state index contributed by atoms with van der Waals surface area (Å²) in [5.41, 5.74) is 3.66. The second-order valence-corrected chi connectivity index (χ2v) is 5.50. The van der Waals surface area contributed by atoms with Crippen molar-refractivity contribution < 1.29 is 0 Å². The molecular weight excluding hydrogens is 198 g/mol. The Morgan fingerprint density at radius 2 is 1.94 bits per heavy atom. The van der Waals surface area contributed by atoms with Crippen LogP contribution in [-0.2, 0) is 0 Å². The van der Waals surface area contributed by atoms with Gasteiger partial charge in [0.25, 0.3) is 0 Å². The minimum Gasteiger partial charge on any atom is -0.379 e. The molecule has 3 nitrogen and oxygen atoms in total. The van der Waals surface area contributed by atoms with Gasteiger partial charge in [-0.3, -0.25) is 4.68 Å². The Kier molecular flexibility index (Phi) is 2.96. The molecule has 1 N–H and O–H groups in total. The summed E-state index contributed by atoms with van der Waals surface area (Å²) in [6.45, 7) is 10.9. The van der Waals surface area contributed by atoms with Crippen LogP contribution >= 0.6 is 0 Å². The number of nitrogens with zero attached hydrogens (tertiary/aromatic N) is 2. The fraction of sp³-hybridized carbons (Fsp3) is 0.769. The van der Waals surface area contributed by atoms with Crippen LogP contribution in [0.1, 0.15) is 51.0 Å². The van der Waals surface area contributed by atoms with E-state index in [1.165, 1.54) is 24.2 Å². The van der Waals surface area contributed by atoms with Gasteiger partial charge in [0, 0.05) is 12.1 Å². The Balaban J connectivity index is 2.14. The highest BCUT2D eigenvalue weighted by Crippen LogP contribution is 2.32. The highest BCUT2D eigenvalue weighted by Gasteiger charge is 2.26. The molecule has 0 spiro atoms. The van der Waals surface area contributed by atoms with Crippen molar-refractivity contribution >= 4 is 5.69 Å². The molecule has 1 heterocycles. The lowest BCUT2D eigenvalue weighted by atomic mass is 9.82. The van der Waals surface area contributed by atoms with Gasteiger partial charge in [0.2, 0.25) is 0 Å². The lowest BCUT2D eigenvalue weighted by Crippen LogP contribution is -2.34. The Morgan fingerprint density at radius 3 is 2.38 bits per heavy atom. The molecule has 0 radical (unpaired) electrons. The predicted octanol–water partition coefficient (Wildman–Crippen LogP) is 3.29. The topological polar surface area (TPSA) is 29.9 Å². The van der Waals surface area contributed by atoms with Crippen molar-refractivity contribution in [3.8, 4) is 0 Å². The van der Waals surface area contributed by atoms with Crippen molar-refractivity contribution in [2.45, 2.75) is 59.5 Å². The number of aryl methyl sites for hydroxylation is 1. The molecule has 0 atom stereocenters. The zero-order valence-corrected chi connectivity index (χ0v) is 11.0. The summed E-state index contributed by atoms with van der Waals surface area (Å²) in [4.78, 5) is 0. The molecule has 1 aromatic rings. The van der Waals surface area contributed by atoms with E-state index in [-0.39, 0.29) is 0 Å². The van der Waals surface area contributed by atoms with Gasteiger partial charge in [-0.2, -0.15) is 5.10 Å². The van der Waals surface area contributed by atoms with E-state index in [1.807, 2.05) is 0 Å². The fourth-order valence-electron chi connectivity index (χ4n) is 2.60. The van der Waals surface area contributed by atoms with Crippen molar-refractivity contribution in [1.29, 1.82) is 0 Å². The van der Waals surface area contributed by atoms with Crippen molar-refractivity contribution in [1.82, 2.24) is 9.78 Å². The predicted molar refractivity (Wildman–Crippen MR) is 67.9 cm³/mol. The van der Waals surface area contributed by atoms with Crippen LogP contribution in [0.2, 0.25) is 0 Å². The SMILES string of the molecule is Cc1nn(C(C)C)c(C)c1NC1CC(C)C1. The van der Waals surface area contributed by atoms with Gasteiger partial charge in [-0.1, -0.05) is 6.92 Å². The maximum Gasteiger partial charge on any atom is 0.0828 e. The molecule has 0 amide bonds. The van der Waals surface area contributed by atoms with Gasteiger partial charge in [-0.05, 0) is 46.5 Å². The van der Waals surface area contributed by atoms with Gasteiger partial charge in [0.15, 0.2) is 0 Å². The first-order valence-electron chi connectivity index (χ1n) is 6.31. The minimum absolute atomic E-state index is 0.439. The van der Waals surface area contributed by atoms with Crippen LogP contribution in [0.15, 0.2) is 0 Å². The molecule has 1 aromatic heterocycles. The third kappa shape index (κ3) is 1.95. The van der Waals surface area contributed by atoms with E-state index in [1.54, 1.807) is 0 Å². The van der Waals surface area contributed by atoms with Crippen LogP contribution in [0.4, 0.5) is 5.69 Å². The molecule has 3 heteroatoms. The number of anilines is 1. The summed E-state index contributed by atoms with van der Waals surface area (Å²) in [7, 11) is 0. The number of nitrogens with one attached hydrogen (secondary N) is 1. The number of hydrogen-bond acceptors (Lipinski definition) is 2. The second kappa shape index (κ2) is 4.11. The first-order chi connectivity index (χ1) is 7.49. The van der Waals surface area contributed by atoms with Crippen molar-refractivity contribution in [3.63, 3.8) is 0 Å². The molecule has 1 aliphatic carbocycles. The zero-order valence-electron chi connectivity index (χ0n) is 11.0. The molecule has 1 saturated carbocycles. The molecule has 2 rings (SSSR count). The van der Waals surface area contributed by atoms with Gasteiger partial charge >= 0.3 is 0 Å². The standard InChI is InChI=1S/C13H23N3/c1-8(2)16-11(5)13(10(4)15-16)14-12-6-9(3)7-12/h8-9,12,14H,6-7H2,1-5H3. The van der Waals surface area contributed by atoms with E-state index in [2.05, 4.69) is 49.7 Å². The van der Waals surface area contributed by atoms with Crippen LogP contribution < -0.4 is 5.32 Å². The summed E-state index contributed by atoms with van der Waals surface area (Å²) in [6.07, 6.45) is 2.59. The van der Waals surface area contributed by atoms with Crippen LogP contribution in [0, 0.1) is 19.8 Å². The minimum atomic E-state index is 0.439. The average molecular weight is 221 g/mol. The number of hydrogen-bond donors (Lipinski definition) is 1. The molecule has 0 unspecified atom stereocenters. The highest BCUT2D eigenvalue weighted by atomic mass is 15.3. The molecular formula is C13H23N3. The van der Waals surface area contributed by atoms with Gasteiger partial charge in [0.05, 0.1) is 17.1 Å². The molecule has 1 aliphatic rings. The molecule has 0 saturated heterocycles. The van der Waals surface area contributed by atoms with Crippen LogP contribution in [0.5, 0.6) is 0 Å². The molecule has 0 bridgehead atoms. The van der Waals surface area contributed by atoms with Gasteiger partial charge in [-0.15, -0.1) is 0 Å². The lowest BCUT2D eigenvalue weighted by molar-refractivity contribution is 0.309. The number of aromatic nitrogens is 2. The second-order valence-electron chi connectivity index (χ2n) is 5.50. The molecule has 1 fully saturated rings. The van der Waals surface area contributed by atoms with Crippen molar-refractivity contribution in [2.75, 3.05) is 5.32 Å². The highest BCUT2D eigenvalue weighted by molar-refractivity contribution is 5.53. The third-order valence-corrected chi connectivity index (χ3v) is 3.54. The number of rotatable bonds is 3. The Morgan fingerprint density at radius 1 is 1.31 bits per heavy atom. The Labute approximate surface area is 98.2 Å². The molecule has 90 valence electrons. The van der Waals surface area contributed by atoms with Crippen LogP contribution in [-0.4, -0.2) is 15.8 Å². The lowest BCUT2D eigenvalue weighted by Gasteiger charge is -2.34. The van der Waals surface area contributed by atoms with E-state index in [9.17, 15) is 0 Å². The molecule has 0 aromatic carbocycles. The monoisotopic (exact) mass is 221 g/mol. The van der Waals surface area contributed by atoms with E-state index in [0.29, 0.717) is 12.1 Å². The molecule has 0 aliphatic heterocycles. The van der Waals surface area contributed by atoms with Crippen LogP contribution in [0.25, 0.3) is 0 Å². The summed E-state index contributed by atoms with van der Waals surface area (Å²) in [5, 5.41) is 8.23. The Bertz CT molecular complexity index is 373. The van der Waals surface area contributed by atoms with Gasteiger partial charge in [-0.25, -0.2) is 0 Å². The average Bonchev–Trinajstić information content (AvgIpc) is 2.42. The van der Waals surface area contributed by atoms with Gasteiger partial charge < -0.3 is 5.32 Å². The van der Waals surface area contributed by atoms with E-state index < -0.39 is 0 Å². The van der Waals surface area contributed by atoms with E-state index in [0.717, 1.165) is 11.6 Å². The molecule has 16 heavy (non-hydrogen) atoms. The zero-order chi connectivity index (χ0) is 11.9. The first-order valence-corrected chi connectivity index (χ1v) is 6.31. The summed E-state index contributed by atoms with van der Waals surface area (Å²) in [6, 6.07) is 1.10. The summed E-state index contributed by atoms with van der Waals surface area (Å²) in [5.74, 6) is 0.887. The van der Waals surface area contributed by atoms with E-state index >= 15 is 0 Å². The van der Waals surface area contributed by atoms with Crippen LogP contribution in [0.3, 0.4) is 0 Å². The Hall–Kier alpha value is -0.990. The normalized spacial score (nSPS) is 24.6. The van der Waals surface area contributed by atoms with Gasteiger partial charge in [0.1, 0.15) is 0 Å². The summed E-state index contributed by atoms with van der Waals surface area (Å²) < 4.78 is 2.11. The smallest absolute Gasteiger partial charge is 0.0828 e. The maximum absolute atomic E-state index is 4.59. The van der Waals surface area contributed by atoms with Crippen molar-refractivity contribution in [3.05, 3.63) is 11.4 Å². The largest absolute Gasteiger partial charge is 0.379 e. The van der Waals surface area contributed by atoms with E-state index in [4.69, 9.17) is 0 Å².